The van der Waals surface area contributed by atoms with Gasteiger partial charge in [-0.1, -0.05) is 0 Å². The smallest absolute Gasteiger partial charge is 0.377 e. The summed E-state index contributed by atoms with van der Waals surface area (Å²) in [4.78, 5) is 17.3. The first-order valence-electron chi connectivity index (χ1n) is 5.17. The highest BCUT2D eigenvalue weighted by molar-refractivity contribution is 7.99. The third-order valence-electron chi connectivity index (χ3n) is 2.23. The lowest BCUT2D eigenvalue weighted by atomic mass is 10.6. The maximum atomic E-state index is 10.6. The number of hydrogen-bond acceptors (Lipinski definition) is 5. The van der Waals surface area contributed by atoms with Crippen LogP contribution in [0.5, 0.6) is 0 Å². The van der Waals surface area contributed by atoms with Crippen LogP contribution in [0.2, 0.25) is 6.04 Å². The molecular formula is C8H21O6PSSi. The highest BCUT2D eigenvalue weighted by atomic mass is 32.2. The van der Waals surface area contributed by atoms with Crippen LogP contribution in [-0.4, -0.2) is 57.6 Å². The minimum absolute atomic E-state index is 0.0704. The molecule has 0 atom stereocenters. The second kappa shape index (κ2) is 8.66. The van der Waals surface area contributed by atoms with Crippen LogP contribution in [0.3, 0.4) is 0 Å². The minimum Gasteiger partial charge on any atom is -0.377 e. The Bertz CT molecular complexity index is 236. The van der Waals surface area contributed by atoms with Crippen molar-refractivity contribution in [3.05, 3.63) is 0 Å². The summed E-state index contributed by atoms with van der Waals surface area (Å²) in [5.74, 6) is 1.27. The Morgan fingerprint density at radius 3 is 2.06 bits per heavy atom. The van der Waals surface area contributed by atoms with Gasteiger partial charge in [0.2, 0.25) is 0 Å². The van der Waals surface area contributed by atoms with Gasteiger partial charge < -0.3 is 23.1 Å². The number of rotatable bonds is 10. The lowest BCUT2D eigenvalue weighted by Crippen LogP contribution is -2.42. The molecule has 0 bridgehead atoms. The van der Waals surface area contributed by atoms with Crippen molar-refractivity contribution in [2.24, 2.45) is 0 Å². The molecule has 0 aliphatic heterocycles. The molecule has 0 aromatic heterocycles. The summed E-state index contributed by atoms with van der Waals surface area (Å²) in [6, 6.07) is 0.708. The van der Waals surface area contributed by atoms with Crippen molar-refractivity contribution in [1.82, 2.24) is 0 Å². The van der Waals surface area contributed by atoms with Crippen LogP contribution in [0.15, 0.2) is 0 Å². The van der Waals surface area contributed by atoms with Crippen LogP contribution >= 0.6 is 19.4 Å². The van der Waals surface area contributed by atoms with Gasteiger partial charge in [0.1, 0.15) is 0 Å². The van der Waals surface area contributed by atoms with Crippen molar-refractivity contribution >= 4 is 28.2 Å². The third kappa shape index (κ3) is 8.34. The van der Waals surface area contributed by atoms with Gasteiger partial charge in [0.15, 0.2) is 0 Å². The maximum absolute atomic E-state index is 10.6. The molecule has 17 heavy (non-hydrogen) atoms. The molecule has 0 heterocycles. The van der Waals surface area contributed by atoms with E-state index in [0.717, 1.165) is 12.2 Å². The van der Waals surface area contributed by atoms with Crippen LogP contribution < -0.4 is 0 Å². The Morgan fingerprint density at radius 1 is 1.12 bits per heavy atom. The fourth-order valence-electron chi connectivity index (χ4n) is 1.23. The molecule has 0 spiro atoms. The van der Waals surface area contributed by atoms with Crippen molar-refractivity contribution < 1.29 is 27.6 Å². The maximum Gasteiger partial charge on any atom is 0.500 e. The first kappa shape index (κ1) is 17.6. The summed E-state index contributed by atoms with van der Waals surface area (Å²) >= 11 is 1.52. The second-order valence-corrected chi connectivity index (χ2v) is 9.49. The molecule has 0 aliphatic carbocycles. The molecule has 0 saturated carbocycles. The molecule has 0 fully saturated rings. The normalized spacial score (nSPS) is 13.0. The predicted molar refractivity (Wildman–Crippen MR) is 70.4 cm³/mol. The van der Waals surface area contributed by atoms with E-state index in [1.807, 2.05) is 0 Å². The standard InChI is InChI=1S/C8H21O6PSSi/c1-12-17(13-2,14-3)8-4-6-16-7-5-15(9,10)11/h4-8H2,1-3H3,(H2,9,10,11). The average molecular weight is 304 g/mol. The monoisotopic (exact) mass is 304 g/mol. The Labute approximate surface area is 108 Å². The van der Waals surface area contributed by atoms with E-state index < -0.39 is 16.4 Å². The van der Waals surface area contributed by atoms with Crippen molar-refractivity contribution in [3.8, 4) is 0 Å². The van der Waals surface area contributed by atoms with Crippen LogP contribution in [0, 0.1) is 0 Å². The summed E-state index contributed by atoms with van der Waals surface area (Å²) in [6.45, 7) is 0. The van der Waals surface area contributed by atoms with E-state index in [1.165, 1.54) is 11.8 Å². The van der Waals surface area contributed by atoms with Gasteiger partial charge in [-0.25, -0.2) is 0 Å². The van der Waals surface area contributed by atoms with Crippen LogP contribution in [0.4, 0.5) is 0 Å². The van der Waals surface area contributed by atoms with Gasteiger partial charge in [-0.15, -0.1) is 0 Å². The molecule has 0 unspecified atom stereocenters. The third-order valence-corrected chi connectivity index (χ3v) is 7.24. The molecule has 0 amide bonds. The molecule has 0 saturated heterocycles. The molecule has 104 valence electrons. The highest BCUT2D eigenvalue weighted by Crippen LogP contribution is 2.34. The molecule has 6 nitrogen and oxygen atoms in total. The van der Waals surface area contributed by atoms with E-state index in [0.29, 0.717) is 11.8 Å². The Balaban J connectivity index is 3.66. The molecule has 0 aromatic rings. The topological polar surface area (TPSA) is 85.2 Å². The zero-order valence-corrected chi connectivity index (χ0v) is 13.1. The second-order valence-electron chi connectivity index (χ2n) is 3.40. The molecule has 0 aliphatic rings. The van der Waals surface area contributed by atoms with Gasteiger partial charge in [0.25, 0.3) is 0 Å². The van der Waals surface area contributed by atoms with Crippen molar-refractivity contribution in [2.75, 3.05) is 39.0 Å². The zero-order valence-electron chi connectivity index (χ0n) is 10.4. The van der Waals surface area contributed by atoms with Crippen LogP contribution in [0.25, 0.3) is 0 Å². The fraction of sp³-hybridized carbons (Fsp3) is 1.00. The first-order chi connectivity index (χ1) is 7.89. The molecule has 0 aromatic carbocycles. The first-order valence-corrected chi connectivity index (χ1v) is 10.1. The summed E-state index contributed by atoms with van der Waals surface area (Å²) in [6.07, 6.45) is 0.770. The van der Waals surface area contributed by atoms with E-state index in [9.17, 15) is 4.57 Å². The molecule has 0 rings (SSSR count). The van der Waals surface area contributed by atoms with Crippen molar-refractivity contribution in [3.63, 3.8) is 0 Å². The van der Waals surface area contributed by atoms with Gasteiger partial charge in [-0.05, 0) is 12.2 Å². The van der Waals surface area contributed by atoms with Crippen LogP contribution in [-0.2, 0) is 17.8 Å². The Kier molecular flexibility index (Phi) is 8.96. The summed E-state index contributed by atoms with van der Waals surface area (Å²) in [5.41, 5.74) is 0. The lowest BCUT2D eigenvalue weighted by molar-refractivity contribution is 0.123. The fourth-order valence-corrected chi connectivity index (χ4v) is 5.23. The molecule has 9 heteroatoms. The summed E-state index contributed by atoms with van der Waals surface area (Å²) in [5, 5.41) is 0. The van der Waals surface area contributed by atoms with E-state index in [-0.39, 0.29) is 6.16 Å². The lowest BCUT2D eigenvalue weighted by Gasteiger charge is -2.24. The number of hydrogen-bond donors (Lipinski definition) is 2. The van der Waals surface area contributed by atoms with Gasteiger partial charge in [0, 0.05) is 33.1 Å². The zero-order chi connectivity index (χ0) is 13.4. The minimum atomic E-state index is -3.85. The largest absolute Gasteiger partial charge is 0.500 e. The Hall–Kier alpha value is 0.597. The summed E-state index contributed by atoms with van der Waals surface area (Å²) < 4.78 is 26.4. The predicted octanol–water partition coefficient (Wildman–Crippen LogP) is 1.17. The Morgan fingerprint density at radius 2 is 1.65 bits per heavy atom. The SMILES string of the molecule is CO[Si](CCCSCCP(=O)(O)O)(OC)OC. The molecule has 0 radical (unpaired) electrons. The van der Waals surface area contributed by atoms with Crippen molar-refractivity contribution in [2.45, 2.75) is 12.5 Å². The number of thioether (sulfide) groups is 1. The highest BCUT2D eigenvalue weighted by Gasteiger charge is 2.36. The van der Waals surface area contributed by atoms with E-state index in [2.05, 4.69) is 0 Å². The van der Waals surface area contributed by atoms with Crippen molar-refractivity contribution in [1.29, 1.82) is 0 Å². The van der Waals surface area contributed by atoms with Crippen LogP contribution in [0.1, 0.15) is 6.42 Å². The van der Waals surface area contributed by atoms with Gasteiger partial charge in [-0.2, -0.15) is 11.8 Å². The quantitative estimate of drug-likeness (QED) is 0.356. The average Bonchev–Trinajstić information content (AvgIpc) is 2.28. The molecule has 2 N–H and O–H groups in total. The van der Waals surface area contributed by atoms with Gasteiger partial charge >= 0.3 is 16.4 Å². The van der Waals surface area contributed by atoms with E-state index >= 15 is 0 Å². The van der Waals surface area contributed by atoms with E-state index in [1.54, 1.807) is 21.3 Å². The van der Waals surface area contributed by atoms with E-state index in [4.69, 9.17) is 23.1 Å². The van der Waals surface area contributed by atoms with Gasteiger partial charge in [-0.3, -0.25) is 4.57 Å². The van der Waals surface area contributed by atoms with Gasteiger partial charge in [0.05, 0.1) is 6.16 Å². The molecular weight excluding hydrogens is 283 g/mol. The summed E-state index contributed by atoms with van der Waals surface area (Å²) in [7, 11) is -1.62.